The maximum atomic E-state index is 5.85. The highest BCUT2D eigenvalue weighted by Gasteiger charge is 2.07. The Kier molecular flexibility index (Phi) is 4.02. The molecule has 5 heteroatoms. The van der Waals surface area contributed by atoms with Crippen LogP contribution in [-0.2, 0) is 0 Å². The van der Waals surface area contributed by atoms with Crippen LogP contribution >= 0.6 is 39.0 Å². The molecule has 0 saturated heterocycles. The summed E-state index contributed by atoms with van der Waals surface area (Å²) < 4.78 is 2.12. The van der Waals surface area contributed by atoms with Gasteiger partial charge < -0.3 is 5.73 Å². The van der Waals surface area contributed by atoms with E-state index >= 15 is 0 Å². The molecule has 16 heavy (non-hydrogen) atoms. The quantitative estimate of drug-likeness (QED) is 0.928. The Balaban J connectivity index is 2.21. The molecule has 1 unspecified atom stereocenters. The Morgan fingerprint density at radius 1 is 1.50 bits per heavy atom. The smallest absolute Gasteiger partial charge is 0.154 e. The molecule has 0 aliphatic rings. The SMILES string of the molecule is CC(N)c1ccc(Sc2nccs2)cc1Br. The highest BCUT2D eigenvalue weighted by Crippen LogP contribution is 2.33. The minimum atomic E-state index is 0.0493. The number of nitrogens with two attached hydrogens (primary N) is 1. The Bertz CT molecular complexity index is 469. The summed E-state index contributed by atoms with van der Waals surface area (Å²) in [7, 11) is 0. The maximum Gasteiger partial charge on any atom is 0.154 e. The van der Waals surface area contributed by atoms with Gasteiger partial charge in [0.1, 0.15) is 0 Å². The second-order valence-corrected chi connectivity index (χ2v) is 6.44. The van der Waals surface area contributed by atoms with Crippen molar-refractivity contribution in [2.45, 2.75) is 22.2 Å². The number of hydrogen-bond donors (Lipinski definition) is 1. The normalized spacial score (nSPS) is 12.7. The van der Waals surface area contributed by atoms with E-state index in [0.29, 0.717) is 0 Å². The fraction of sp³-hybridized carbons (Fsp3) is 0.182. The monoisotopic (exact) mass is 314 g/mol. The highest BCUT2D eigenvalue weighted by molar-refractivity contribution is 9.10. The van der Waals surface area contributed by atoms with Crippen molar-refractivity contribution in [3.8, 4) is 0 Å². The van der Waals surface area contributed by atoms with Gasteiger partial charge >= 0.3 is 0 Å². The van der Waals surface area contributed by atoms with Crippen LogP contribution < -0.4 is 5.73 Å². The summed E-state index contributed by atoms with van der Waals surface area (Å²) in [5.74, 6) is 0. The second-order valence-electron chi connectivity index (χ2n) is 3.37. The molecule has 0 aliphatic carbocycles. The van der Waals surface area contributed by atoms with Crippen LogP contribution in [0, 0.1) is 0 Å². The third-order valence-corrected chi connectivity index (χ3v) is 4.64. The van der Waals surface area contributed by atoms with Crippen molar-refractivity contribution >= 4 is 39.0 Å². The standard InChI is InChI=1S/C11H11BrN2S2/c1-7(13)9-3-2-8(6-10(9)12)16-11-14-4-5-15-11/h2-7H,13H2,1H3. The molecule has 2 N–H and O–H groups in total. The molecule has 1 aromatic carbocycles. The molecule has 0 amide bonds. The zero-order valence-electron chi connectivity index (χ0n) is 8.68. The van der Waals surface area contributed by atoms with E-state index in [0.717, 1.165) is 14.4 Å². The van der Waals surface area contributed by atoms with E-state index in [1.807, 2.05) is 18.5 Å². The largest absolute Gasteiger partial charge is 0.324 e. The van der Waals surface area contributed by atoms with E-state index in [-0.39, 0.29) is 6.04 Å². The van der Waals surface area contributed by atoms with Crippen molar-refractivity contribution in [1.82, 2.24) is 4.98 Å². The van der Waals surface area contributed by atoms with Crippen LogP contribution in [0.25, 0.3) is 0 Å². The van der Waals surface area contributed by atoms with Crippen molar-refractivity contribution < 1.29 is 0 Å². The fourth-order valence-corrected chi connectivity index (χ4v) is 3.83. The van der Waals surface area contributed by atoms with Gasteiger partial charge in [0.25, 0.3) is 0 Å². The first kappa shape index (κ1) is 12.1. The summed E-state index contributed by atoms with van der Waals surface area (Å²) in [4.78, 5) is 5.41. The highest BCUT2D eigenvalue weighted by atomic mass is 79.9. The van der Waals surface area contributed by atoms with Crippen LogP contribution in [0.1, 0.15) is 18.5 Å². The maximum absolute atomic E-state index is 5.85. The van der Waals surface area contributed by atoms with Gasteiger partial charge in [0.05, 0.1) is 0 Å². The van der Waals surface area contributed by atoms with Gasteiger partial charge in [-0.25, -0.2) is 4.98 Å². The summed E-state index contributed by atoms with van der Waals surface area (Å²) in [5, 5.41) is 1.98. The van der Waals surface area contributed by atoms with E-state index in [1.165, 1.54) is 4.90 Å². The van der Waals surface area contributed by atoms with Crippen molar-refractivity contribution in [2.75, 3.05) is 0 Å². The Labute approximate surface area is 111 Å². The van der Waals surface area contributed by atoms with Gasteiger partial charge in [-0.15, -0.1) is 11.3 Å². The lowest BCUT2D eigenvalue weighted by Gasteiger charge is -2.09. The number of hydrogen-bond acceptors (Lipinski definition) is 4. The van der Waals surface area contributed by atoms with E-state index in [2.05, 4.69) is 39.1 Å². The zero-order chi connectivity index (χ0) is 11.5. The lowest BCUT2D eigenvalue weighted by Crippen LogP contribution is -2.05. The van der Waals surface area contributed by atoms with Gasteiger partial charge in [-0.05, 0) is 24.6 Å². The van der Waals surface area contributed by atoms with Crippen molar-refractivity contribution in [2.24, 2.45) is 5.73 Å². The fourth-order valence-electron chi connectivity index (χ4n) is 1.30. The average Bonchev–Trinajstić information content (AvgIpc) is 2.70. The molecule has 1 heterocycles. The van der Waals surface area contributed by atoms with Crippen molar-refractivity contribution in [3.05, 3.63) is 39.8 Å². The van der Waals surface area contributed by atoms with Crippen LogP contribution in [0.5, 0.6) is 0 Å². The molecule has 2 aromatic rings. The first-order valence-corrected chi connectivity index (χ1v) is 7.28. The Hall–Kier alpha value is -0.360. The predicted molar refractivity (Wildman–Crippen MR) is 73.0 cm³/mol. The van der Waals surface area contributed by atoms with E-state index in [1.54, 1.807) is 23.1 Å². The molecule has 2 nitrogen and oxygen atoms in total. The molecule has 1 atom stereocenters. The first-order chi connectivity index (χ1) is 7.66. The minimum Gasteiger partial charge on any atom is -0.324 e. The van der Waals surface area contributed by atoms with Crippen LogP contribution in [0.3, 0.4) is 0 Å². The van der Waals surface area contributed by atoms with E-state index in [9.17, 15) is 0 Å². The number of halogens is 1. The van der Waals surface area contributed by atoms with E-state index < -0.39 is 0 Å². The number of aromatic nitrogens is 1. The van der Waals surface area contributed by atoms with Gasteiger partial charge in [0.15, 0.2) is 4.34 Å². The molecular formula is C11H11BrN2S2. The molecule has 0 radical (unpaired) electrons. The van der Waals surface area contributed by atoms with Gasteiger partial charge in [-0.1, -0.05) is 33.8 Å². The lowest BCUT2D eigenvalue weighted by molar-refractivity contribution is 0.811. The molecule has 0 fully saturated rings. The van der Waals surface area contributed by atoms with Crippen LogP contribution in [-0.4, -0.2) is 4.98 Å². The third-order valence-electron chi connectivity index (χ3n) is 2.08. The Morgan fingerprint density at radius 3 is 2.88 bits per heavy atom. The number of rotatable bonds is 3. The van der Waals surface area contributed by atoms with Crippen molar-refractivity contribution in [1.29, 1.82) is 0 Å². The predicted octanol–water partition coefficient (Wildman–Crippen LogP) is 4.08. The molecule has 2 rings (SSSR count). The summed E-state index contributed by atoms with van der Waals surface area (Å²) in [6.45, 7) is 1.98. The first-order valence-electron chi connectivity index (χ1n) is 4.79. The lowest BCUT2D eigenvalue weighted by atomic mass is 10.1. The van der Waals surface area contributed by atoms with Gasteiger partial charge in [0, 0.05) is 27.0 Å². The molecule has 0 bridgehead atoms. The molecule has 0 aliphatic heterocycles. The number of benzene rings is 1. The Morgan fingerprint density at radius 2 is 2.31 bits per heavy atom. The number of thiazole rings is 1. The summed E-state index contributed by atoms with van der Waals surface area (Å²) >= 11 is 6.85. The summed E-state index contributed by atoms with van der Waals surface area (Å²) in [6, 6.07) is 6.28. The average molecular weight is 315 g/mol. The van der Waals surface area contributed by atoms with Gasteiger partial charge in [-0.2, -0.15) is 0 Å². The van der Waals surface area contributed by atoms with Gasteiger partial charge in [0.2, 0.25) is 0 Å². The zero-order valence-corrected chi connectivity index (χ0v) is 11.9. The molecule has 0 saturated carbocycles. The van der Waals surface area contributed by atoms with Crippen LogP contribution in [0.4, 0.5) is 0 Å². The number of nitrogens with zero attached hydrogens (tertiary/aromatic N) is 1. The molecule has 1 aromatic heterocycles. The van der Waals surface area contributed by atoms with Crippen LogP contribution in [0.2, 0.25) is 0 Å². The minimum absolute atomic E-state index is 0.0493. The molecule has 84 valence electrons. The summed E-state index contributed by atoms with van der Waals surface area (Å²) in [5.41, 5.74) is 6.98. The topological polar surface area (TPSA) is 38.9 Å². The second kappa shape index (κ2) is 5.31. The van der Waals surface area contributed by atoms with Crippen LogP contribution in [0.15, 0.2) is 43.5 Å². The molecule has 0 spiro atoms. The summed E-state index contributed by atoms with van der Waals surface area (Å²) in [6.07, 6.45) is 1.82. The van der Waals surface area contributed by atoms with Crippen molar-refractivity contribution in [3.63, 3.8) is 0 Å². The van der Waals surface area contributed by atoms with E-state index in [4.69, 9.17) is 5.73 Å². The molecular weight excluding hydrogens is 304 g/mol. The van der Waals surface area contributed by atoms with Gasteiger partial charge in [-0.3, -0.25) is 0 Å². The third kappa shape index (κ3) is 2.85.